The highest BCUT2D eigenvalue weighted by atomic mass is 19.1. The molecule has 0 bridgehead atoms. The molecule has 1 aliphatic rings. The topological polar surface area (TPSA) is 64.6 Å². The summed E-state index contributed by atoms with van der Waals surface area (Å²) >= 11 is 0. The van der Waals surface area contributed by atoms with Gasteiger partial charge in [0.05, 0.1) is 6.10 Å². The Balaban J connectivity index is 1.44. The Morgan fingerprint density at radius 3 is 2.64 bits per heavy atom. The van der Waals surface area contributed by atoms with E-state index >= 15 is 0 Å². The van der Waals surface area contributed by atoms with Gasteiger partial charge in [-0.15, -0.1) is 0 Å². The molecule has 1 heterocycles. The van der Waals surface area contributed by atoms with Crippen molar-refractivity contribution < 1.29 is 14.3 Å². The number of anilines is 1. The number of nitrogens with one attached hydrogen (secondary N) is 2. The van der Waals surface area contributed by atoms with Gasteiger partial charge < -0.3 is 15.7 Å². The number of benzene rings is 2. The molecule has 0 aliphatic carbocycles. The average molecular weight is 343 g/mol. The quantitative estimate of drug-likeness (QED) is 0.782. The normalized spacial score (nSPS) is 18.7. The zero-order valence-corrected chi connectivity index (χ0v) is 13.9. The molecule has 25 heavy (non-hydrogen) atoms. The zero-order chi connectivity index (χ0) is 17.6. The van der Waals surface area contributed by atoms with Crippen molar-refractivity contribution in [1.29, 1.82) is 0 Å². The number of hydrogen-bond donors (Lipinski definition) is 3. The van der Waals surface area contributed by atoms with E-state index in [4.69, 9.17) is 0 Å². The highest BCUT2D eigenvalue weighted by Gasteiger charge is 2.25. The number of aliphatic hydroxyl groups is 1. The molecule has 1 aliphatic heterocycles. The second-order valence-corrected chi connectivity index (χ2v) is 6.28. The summed E-state index contributed by atoms with van der Waals surface area (Å²) < 4.78 is 12.9. The molecule has 0 unspecified atom stereocenters. The van der Waals surface area contributed by atoms with Crippen molar-refractivity contribution >= 4 is 11.7 Å². The fourth-order valence-electron chi connectivity index (χ4n) is 3.03. The van der Waals surface area contributed by atoms with Crippen LogP contribution < -0.4 is 10.6 Å². The minimum atomic E-state index is -0.534. The highest BCUT2D eigenvalue weighted by molar-refractivity contribution is 5.89. The Morgan fingerprint density at radius 2 is 1.92 bits per heavy atom. The highest BCUT2D eigenvalue weighted by Crippen LogP contribution is 2.17. The van der Waals surface area contributed by atoms with Gasteiger partial charge in [-0.3, -0.25) is 4.90 Å². The van der Waals surface area contributed by atoms with E-state index in [9.17, 15) is 14.3 Å². The molecule has 3 rings (SSSR count). The number of likely N-dealkylation sites (tertiary alicyclic amines) is 1. The Labute approximate surface area is 146 Å². The van der Waals surface area contributed by atoms with Gasteiger partial charge in [0.1, 0.15) is 5.82 Å². The van der Waals surface area contributed by atoms with Gasteiger partial charge in [-0.05, 0) is 36.2 Å². The molecule has 0 aromatic heterocycles. The minimum Gasteiger partial charge on any atom is -0.387 e. The van der Waals surface area contributed by atoms with Crippen molar-refractivity contribution in [2.24, 2.45) is 0 Å². The molecule has 1 saturated heterocycles. The Kier molecular flexibility index (Phi) is 5.63. The van der Waals surface area contributed by atoms with E-state index in [1.807, 2.05) is 30.3 Å². The predicted octanol–water partition coefficient (Wildman–Crippen LogP) is 2.76. The van der Waals surface area contributed by atoms with Gasteiger partial charge in [0, 0.05) is 31.4 Å². The van der Waals surface area contributed by atoms with E-state index in [1.165, 1.54) is 24.3 Å². The molecule has 2 atom stereocenters. The lowest BCUT2D eigenvalue weighted by molar-refractivity contribution is 0.125. The van der Waals surface area contributed by atoms with Crippen LogP contribution in [0.1, 0.15) is 18.1 Å². The summed E-state index contributed by atoms with van der Waals surface area (Å²) in [6, 6.07) is 14.9. The van der Waals surface area contributed by atoms with Crippen molar-refractivity contribution in [3.8, 4) is 0 Å². The first-order valence-electron chi connectivity index (χ1n) is 8.38. The van der Waals surface area contributed by atoms with Gasteiger partial charge >= 0.3 is 6.03 Å². The largest absolute Gasteiger partial charge is 0.387 e. The summed E-state index contributed by atoms with van der Waals surface area (Å²) in [5.74, 6) is -0.339. The lowest BCUT2D eigenvalue weighted by atomic mass is 10.1. The van der Waals surface area contributed by atoms with E-state index < -0.39 is 6.10 Å². The number of halogens is 1. The number of amides is 2. The molecule has 0 spiro atoms. The zero-order valence-electron chi connectivity index (χ0n) is 13.9. The van der Waals surface area contributed by atoms with Gasteiger partial charge in [-0.25, -0.2) is 9.18 Å². The van der Waals surface area contributed by atoms with Crippen LogP contribution in [-0.2, 0) is 0 Å². The number of nitrogens with zero attached hydrogens (tertiary/aromatic N) is 1. The SMILES string of the molecule is O=C(Nc1ccc(F)cc1)N[C@@H]1CCN(C[C@H](O)c2ccccc2)C1. The molecule has 6 heteroatoms. The first kappa shape index (κ1) is 17.4. The standard InChI is InChI=1S/C19H22FN3O2/c20-15-6-8-16(9-7-15)21-19(25)22-17-10-11-23(12-17)13-18(24)14-4-2-1-3-5-14/h1-9,17-18,24H,10-13H2,(H2,21,22,25)/t17-,18+/m1/s1. The molecule has 2 amide bonds. The van der Waals surface area contributed by atoms with E-state index in [-0.39, 0.29) is 17.9 Å². The fraction of sp³-hybridized carbons (Fsp3) is 0.316. The second kappa shape index (κ2) is 8.09. The monoisotopic (exact) mass is 343 g/mol. The molecule has 132 valence electrons. The third kappa shape index (κ3) is 5.01. The summed E-state index contributed by atoms with van der Waals surface area (Å²) in [5, 5.41) is 15.9. The van der Waals surface area contributed by atoms with Crippen molar-refractivity contribution in [2.75, 3.05) is 25.0 Å². The number of hydrogen-bond acceptors (Lipinski definition) is 3. The van der Waals surface area contributed by atoms with Crippen LogP contribution in [-0.4, -0.2) is 41.7 Å². The average Bonchev–Trinajstić information content (AvgIpc) is 3.04. The van der Waals surface area contributed by atoms with Crippen LogP contribution in [0.3, 0.4) is 0 Å². The lowest BCUT2D eigenvalue weighted by Crippen LogP contribution is -2.40. The second-order valence-electron chi connectivity index (χ2n) is 6.28. The molecule has 2 aromatic rings. The maximum absolute atomic E-state index is 12.9. The molecular formula is C19H22FN3O2. The van der Waals surface area contributed by atoms with E-state index in [1.54, 1.807) is 0 Å². The Bertz CT molecular complexity index is 694. The van der Waals surface area contributed by atoms with Crippen LogP contribution in [0.15, 0.2) is 54.6 Å². The van der Waals surface area contributed by atoms with Crippen LogP contribution in [0, 0.1) is 5.82 Å². The number of carbonyl (C=O) groups excluding carboxylic acids is 1. The molecular weight excluding hydrogens is 321 g/mol. The third-order valence-electron chi connectivity index (χ3n) is 4.33. The van der Waals surface area contributed by atoms with Gasteiger partial charge in [-0.2, -0.15) is 0 Å². The van der Waals surface area contributed by atoms with Crippen molar-refractivity contribution in [2.45, 2.75) is 18.6 Å². The molecule has 5 nitrogen and oxygen atoms in total. The maximum Gasteiger partial charge on any atom is 0.319 e. The van der Waals surface area contributed by atoms with E-state index in [2.05, 4.69) is 15.5 Å². The van der Waals surface area contributed by atoms with Crippen molar-refractivity contribution in [3.05, 3.63) is 66.0 Å². The van der Waals surface area contributed by atoms with E-state index in [0.717, 1.165) is 18.5 Å². The van der Waals surface area contributed by atoms with Crippen LogP contribution in [0.2, 0.25) is 0 Å². The van der Waals surface area contributed by atoms with Gasteiger partial charge in [-0.1, -0.05) is 30.3 Å². The number of urea groups is 1. The fourth-order valence-corrected chi connectivity index (χ4v) is 3.03. The molecule has 1 fully saturated rings. The van der Waals surface area contributed by atoms with Gasteiger partial charge in [0.25, 0.3) is 0 Å². The Morgan fingerprint density at radius 1 is 1.20 bits per heavy atom. The maximum atomic E-state index is 12.9. The van der Waals surface area contributed by atoms with Crippen LogP contribution in [0.25, 0.3) is 0 Å². The van der Waals surface area contributed by atoms with Gasteiger partial charge in [0.15, 0.2) is 0 Å². The number of rotatable bonds is 5. The van der Waals surface area contributed by atoms with Crippen LogP contribution in [0.5, 0.6) is 0 Å². The Hall–Kier alpha value is -2.44. The lowest BCUT2D eigenvalue weighted by Gasteiger charge is -2.20. The number of carbonyl (C=O) groups is 1. The summed E-state index contributed by atoms with van der Waals surface area (Å²) in [4.78, 5) is 14.2. The smallest absolute Gasteiger partial charge is 0.319 e. The summed E-state index contributed by atoms with van der Waals surface area (Å²) in [6.45, 7) is 2.06. The summed E-state index contributed by atoms with van der Waals surface area (Å²) in [6.07, 6.45) is 0.297. The van der Waals surface area contributed by atoms with Gasteiger partial charge in [0.2, 0.25) is 0 Å². The first-order chi connectivity index (χ1) is 12.1. The molecule has 0 saturated carbocycles. The van der Waals surface area contributed by atoms with Crippen molar-refractivity contribution in [1.82, 2.24) is 10.2 Å². The first-order valence-corrected chi connectivity index (χ1v) is 8.38. The summed E-state index contributed by atoms with van der Waals surface area (Å²) in [5.41, 5.74) is 1.45. The minimum absolute atomic E-state index is 0.0309. The number of β-amino-alcohol motifs (C(OH)–C–C–N with tert-alkyl or cyclic N) is 1. The molecule has 2 aromatic carbocycles. The van der Waals surface area contributed by atoms with E-state index in [0.29, 0.717) is 18.8 Å². The molecule has 0 radical (unpaired) electrons. The van der Waals surface area contributed by atoms with Crippen LogP contribution in [0.4, 0.5) is 14.9 Å². The predicted molar refractivity (Wildman–Crippen MR) is 94.8 cm³/mol. The van der Waals surface area contributed by atoms with Crippen molar-refractivity contribution in [3.63, 3.8) is 0 Å². The summed E-state index contributed by atoms with van der Waals surface area (Å²) in [7, 11) is 0. The molecule has 3 N–H and O–H groups in total. The van der Waals surface area contributed by atoms with Crippen LogP contribution >= 0.6 is 0 Å². The number of aliphatic hydroxyl groups excluding tert-OH is 1. The third-order valence-corrected chi connectivity index (χ3v) is 4.33.